The molecule has 0 radical (unpaired) electrons. The van der Waals surface area contributed by atoms with Gasteiger partial charge in [0, 0.05) is 38.7 Å². The predicted molar refractivity (Wildman–Crippen MR) is 143 cm³/mol. The molecule has 1 atom stereocenters. The van der Waals surface area contributed by atoms with Crippen LogP contribution < -0.4 is 5.32 Å². The number of ketones is 1. The van der Waals surface area contributed by atoms with E-state index in [1.165, 1.54) is 13.0 Å². The number of hydrogen-bond donors (Lipinski definition) is 1. The Kier molecular flexibility index (Phi) is 8.55. The zero-order chi connectivity index (χ0) is 26.7. The third kappa shape index (κ3) is 6.51. The third-order valence-electron chi connectivity index (χ3n) is 7.00. The first-order valence-electron chi connectivity index (χ1n) is 12.5. The fourth-order valence-corrected chi connectivity index (χ4v) is 5.34. The quantitative estimate of drug-likeness (QED) is 0.477. The second-order valence-corrected chi connectivity index (χ2v) is 10.7. The average molecular weight is 544 g/mol. The zero-order valence-corrected chi connectivity index (χ0v) is 22.6. The van der Waals surface area contributed by atoms with Crippen LogP contribution in [-0.4, -0.2) is 59.5 Å². The first kappa shape index (κ1) is 27.1. The van der Waals surface area contributed by atoms with Gasteiger partial charge in [-0.2, -0.15) is 0 Å². The van der Waals surface area contributed by atoms with Crippen LogP contribution in [0.25, 0.3) is 0 Å². The Morgan fingerprint density at radius 3 is 2.51 bits per heavy atom. The first-order chi connectivity index (χ1) is 17.7. The van der Waals surface area contributed by atoms with E-state index < -0.39 is 11.9 Å². The molecule has 7 nitrogen and oxygen atoms in total. The van der Waals surface area contributed by atoms with Gasteiger partial charge in [-0.05, 0) is 55.7 Å². The Labute approximate surface area is 227 Å². The number of benzene rings is 2. The summed E-state index contributed by atoms with van der Waals surface area (Å²) in [5.74, 6) is -0.568. The molecule has 37 heavy (non-hydrogen) atoms. The fourth-order valence-electron chi connectivity index (χ4n) is 4.62. The van der Waals surface area contributed by atoms with Crippen molar-refractivity contribution in [2.75, 3.05) is 20.1 Å². The van der Waals surface area contributed by atoms with Crippen molar-refractivity contribution in [2.45, 2.75) is 51.6 Å². The summed E-state index contributed by atoms with van der Waals surface area (Å²) in [4.78, 5) is 54.5. The molecular weight excluding hydrogens is 513 g/mol. The van der Waals surface area contributed by atoms with Crippen LogP contribution in [0.1, 0.15) is 64.4 Å². The molecule has 0 bridgehead atoms. The van der Waals surface area contributed by atoms with Crippen LogP contribution in [-0.2, 0) is 22.6 Å². The maximum absolute atomic E-state index is 13.2. The Balaban J connectivity index is 1.42. The molecule has 1 heterocycles. The van der Waals surface area contributed by atoms with E-state index in [-0.39, 0.29) is 46.0 Å². The van der Waals surface area contributed by atoms with E-state index >= 15 is 0 Å². The molecular formula is C28H31Cl2N3O4. The largest absolute Gasteiger partial charge is 0.342 e. The highest BCUT2D eigenvalue weighted by atomic mass is 35.5. The van der Waals surface area contributed by atoms with Crippen LogP contribution in [0.4, 0.5) is 0 Å². The van der Waals surface area contributed by atoms with Gasteiger partial charge < -0.3 is 15.1 Å². The molecule has 4 rings (SSSR count). The number of Topliss-reactive ketones (excluding diaryl/α,β-unsaturated/α-hetero) is 1. The number of carbonyl (C=O) groups is 4. The zero-order valence-electron chi connectivity index (χ0n) is 21.1. The second kappa shape index (κ2) is 11.7. The van der Waals surface area contributed by atoms with E-state index in [9.17, 15) is 19.2 Å². The molecule has 196 valence electrons. The lowest BCUT2D eigenvalue weighted by Crippen LogP contribution is -2.42. The number of nitrogens with one attached hydrogen (secondary N) is 1. The van der Waals surface area contributed by atoms with Crippen LogP contribution >= 0.6 is 23.2 Å². The standard InChI is InChI=1S/C28H31Cl2N3O4/c1-17(34)23(10-11-24(35)32(2)15-18-6-4-3-5-7-18)31-27(36)25-22(29)14-21-20(26(25)30)12-13-33(28(21)37)16-19-8-9-19/h3-7,14,19,23H,8-13,15-16H2,1-2H3,(H,31,36)/t23-/m0/s1. The molecule has 0 saturated heterocycles. The minimum Gasteiger partial charge on any atom is -0.342 e. The lowest BCUT2D eigenvalue weighted by molar-refractivity contribution is -0.130. The van der Waals surface area contributed by atoms with Crippen molar-refractivity contribution >= 4 is 46.7 Å². The summed E-state index contributed by atoms with van der Waals surface area (Å²) in [6, 6.07) is 10.2. The van der Waals surface area contributed by atoms with Gasteiger partial charge >= 0.3 is 0 Å². The van der Waals surface area contributed by atoms with Gasteiger partial charge in [0.05, 0.1) is 21.7 Å². The highest BCUT2D eigenvalue weighted by Gasteiger charge is 2.34. The van der Waals surface area contributed by atoms with Crippen molar-refractivity contribution in [2.24, 2.45) is 5.92 Å². The topological polar surface area (TPSA) is 86.8 Å². The minimum atomic E-state index is -0.875. The van der Waals surface area contributed by atoms with Gasteiger partial charge in [0.25, 0.3) is 11.8 Å². The molecule has 0 spiro atoms. The van der Waals surface area contributed by atoms with Crippen molar-refractivity contribution in [3.05, 3.63) is 68.7 Å². The maximum atomic E-state index is 13.2. The molecule has 1 N–H and O–H groups in total. The number of fused-ring (bicyclic) bond motifs is 1. The summed E-state index contributed by atoms with van der Waals surface area (Å²) in [7, 11) is 1.70. The average Bonchev–Trinajstić information content (AvgIpc) is 3.68. The van der Waals surface area contributed by atoms with Crippen LogP contribution in [0.3, 0.4) is 0 Å². The molecule has 3 amide bonds. The van der Waals surface area contributed by atoms with Gasteiger partial charge in [0.2, 0.25) is 5.91 Å². The Bertz CT molecular complexity index is 1210. The molecule has 1 aliphatic heterocycles. The third-order valence-corrected chi connectivity index (χ3v) is 7.72. The number of carbonyl (C=O) groups excluding carboxylic acids is 4. The summed E-state index contributed by atoms with van der Waals surface area (Å²) >= 11 is 13.0. The number of rotatable bonds is 10. The van der Waals surface area contributed by atoms with Gasteiger partial charge in [-0.15, -0.1) is 0 Å². The van der Waals surface area contributed by atoms with E-state index in [0.29, 0.717) is 36.6 Å². The summed E-state index contributed by atoms with van der Waals surface area (Å²) in [6.45, 7) is 3.09. The summed E-state index contributed by atoms with van der Waals surface area (Å²) in [6.07, 6.45) is 3.05. The Morgan fingerprint density at radius 2 is 1.86 bits per heavy atom. The minimum absolute atomic E-state index is 0.0456. The van der Waals surface area contributed by atoms with E-state index in [1.807, 2.05) is 35.2 Å². The highest BCUT2D eigenvalue weighted by molar-refractivity contribution is 6.41. The van der Waals surface area contributed by atoms with Crippen molar-refractivity contribution in [1.82, 2.24) is 15.1 Å². The number of halogens is 2. The molecule has 1 saturated carbocycles. The summed E-state index contributed by atoms with van der Waals surface area (Å²) in [5, 5.41) is 2.89. The number of hydrogen-bond acceptors (Lipinski definition) is 4. The van der Waals surface area contributed by atoms with Crippen LogP contribution in [0.15, 0.2) is 36.4 Å². The Morgan fingerprint density at radius 1 is 1.16 bits per heavy atom. The van der Waals surface area contributed by atoms with E-state index in [2.05, 4.69) is 5.32 Å². The van der Waals surface area contributed by atoms with Crippen LogP contribution in [0, 0.1) is 5.92 Å². The van der Waals surface area contributed by atoms with E-state index in [4.69, 9.17) is 23.2 Å². The van der Waals surface area contributed by atoms with Crippen LogP contribution in [0.5, 0.6) is 0 Å². The van der Waals surface area contributed by atoms with Gasteiger partial charge in [-0.25, -0.2) is 0 Å². The normalized spacial score (nSPS) is 15.7. The van der Waals surface area contributed by atoms with Gasteiger partial charge in [-0.1, -0.05) is 53.5 Å². The highest BCUT2D eigenvalue weighted by Crippen LogP contribution is 2.36. The lowest BCUT2D eigenvalue weighted by atomic mass is 9.95. The van der Waals surface area contributed by atoms with Gasteiger partial charge in [0.1, 0.15) is 0 Å². The molecule has 1 aliphatic carbocycles. The monoisotopic (exact) mass is 543 g/mol. The molecule has 2 aromatic carbocycles. The van der Waals surface area contributed by atoms with Crippen molar-refractivity contribution in [3.8, 4) is 0 Å². The van der Waals surface area contributed by atoms with E-state index in [1.54, 1.807) is 11.9 Å². The lowest BCUT2D eigenvalue weighted by Gasteiger charge is -2.30. The molecule has 9 heteroatoms. The van der Waals surface area contributed by atoms with Gasteiger partial charge in [0.15, 0.2) is 5.78 Å². The van der Waals surface area contributed by atoms with Crippen molar-refractivity contribution in [1.29, 1.82) is 0 Å². The number of nitrogens with zero attached hydrogens (tertiary/aromatic N) is 2. The second-order valence-electron chi connectivity index (χ2n) is 9.93. The first-order valence-corrected chi connectivity index (χ1v) is 13.3. The Hall–Kier alpha value is -2.90. The maximum Gasteiger partial charge on any atom is 0.254 e. The van der Waals surface area contributed by atoms with Crippen molar-refractivity contribution < 1.29 is 19.2 Å². The molecule has 1 fully saturated rings. The summed E-state index contributed by atoms with van der Waals surface area (Å²) < 4.78 is 0. The SMILES string of the molecule is CC(=O)[C@H](CCC(=O)N(C)Cc1ccccc1)NC(=O)c1c(Cl)cc2c(c1Cl)CCN(CC1CC1)C2=O. The molecule has 0 unspecified atom stereocenters. The fraction of sp³-hybridized carbons (Fsp3) is 0.429. The summed E-state index contributed by atoms with van der Waals surface area (Å²) in [5.41, 5.74) is 2.07. The molecule has 0 aromatic heterocycles. The predicted octanol–water partition coefficient (Wildman–Crippen LogP) is 4.53. The smallest absolute Gasteiger partial charge is 0.254 e. The molecule has 2 aromatic rings. The van der Waals surface area contributed by atoms with E-state index in [0.717, 1.165) is 24.9 Å². The van der Waals surface area contributed by atoms with Crippen LogP contribution in [0.2, 0.25) is 10.0 Å². The molecule has 2 aliphatic rings. The van der Waals surface area contributed by atoms with Gasteiger partial charge in [-0.3, -0.25) is 19.2 Å². The van der Waals surface area contributed by atoms with Crippen molar-refractivity contribution in [3.63, 3.8) is 0 Å². The number of amides is 3.